The first-order chi connectivity index (χ1) is 8.06. The minimum atomic E-state index is -0.265. The van der Waals surface area contributed by atoms with Gasteiger partial charge in [-0.3, -0.25) is 4.79 Å². The number of fused-ring (bicyclic) bond motifs is 1. The van der Waals surface area contributed by atoms with Crippen LogP contribution in [-0.4, -0.2) is 11.9 Å². The average molecular weight is 253 g/mol. The quantitative estimate of drug-likeness (QED) is 0.863. The molecule has 1 amide bonds. The SMILES string of the molecule is CC(CC(N)=O)NC1CCc2cc(Cl)ccc21. The molecule has 0 bridgehead atoms. The van der Waals surface area contributed by atoms with E-state index in [0.717, 1.165) is 17.9 Å². The van der Waals surface area contributed by atoms with Gasteiger partial charge >= 0.3 is 0 Å². The van der Waals surface area contributed by atoms with Gasteiger partial charge in [0.15, 0.2) is 0 Å². The summed E-state index contributed by atoms with van der Waals surface area (Å²) in [6.45, 7) is 1.98. The van der Waals surface area contributed by atoms with Gasteiger partial charge in [-0.1, -0.05) is 17.7 Å². The standard InChI is InChI=1S/C13H17ClN2O/c1-8(6-13(15)17)16-12-5-2-9-7-10(14)3-4-11(9)12/h3-4,7-8,12,16H,2,5-6H2,1H3,(H2,15,17). The van der Waals surface area contributed by atoms with Gasteiger partial charge in [0.25, 0.3) is 0 Å². The maximum Gasteiger partial charge on any atom is 0.218 e. The van der Waals surface area contributed by atoms with Crippen LogP contribution in [0.2, 0.25) is 5.02 Å². The van der Waals surface area contributed by atoms with E-state index in [1.807, 2.05) is 19.1 Å². The van der Waals surface area contributed by atoms with Crippen LogP contribution in [0.5, 0.6) is 0 Å². The van der Waals surface area contributed by atoms with Crippen molar-refractivity contribution in [2.45, 2.75) is 38.3 Å². The van der Waals surface area contributed by atoms with Crippen molar-refractivity contribution in [3.63, 3.8) is 0 Å². The highest BCUT2D eigenvalue weighted by Gasteiger charge is 2.23. The number of amides is 1. The first-order valence-electron chi connectivity index (χ1n) is 5.89. The molecule has 2 unspecified atom stereocenters. The van der Waals surface area contributed by atoms with Gasteiger partial charge in [0.1, 0.15) is 0 Å². The van der Waals surface area contributed by atoms with Gasteiger partial charge < -0.3 is 11.1 Å². The molecule has 3 nitrogen and oxygen atoms in total. The Morgan fingerprint density at radius 1 is 1.65 bits per heavy atom. The van der Waals surface area contributed by atoms with Gasteiger partial charge in [-0.2, -0.15) is 0 Å². The molecule has 1 aliphatic carbocycles. The number of nitrogens with one attached hydrogen (secondary N) is 1. The van der Waals surface area contributed by atoms with Gasteiger partial charge in [-0.25, -0.2) is 0 Å². The number of nitrogens with two attached hydrogens (primary N) is 1. The Kier molecular flexibility index (Phi) is 3.69. The third kappa shape index (κ3) is 2.99. The zero-order chi connectivity index (χ0) is 12.4. The predicted octanol–water partition coefficient (Wildman–Crippen LogP) is 2.18. The van der Waals surface area contributed by atoms with E-state index in [1.54, 1.807) is 0 Å². The summed E-state index contributed by atoms with van der Waals surface area (Å²) in [5.74, 6) is -0.265. The van der Waals surface area contributed by atoms with Crippen molar-refractivity contribution in [2.24, 2.45) is 5.73 Å². The highest BCUT2D eigenvalue weighted by molar-refractivity contribution is 6.30. The van der Waals surface area contributed by atoms with Gasteiger partial charge in [0.2, 0.25) is 5.91 Å². The summed E-state index contributed by atoms with van der Waals surface area (Å²) in [5, 5.41) is 4.23. The zero-order valence-electron chi connectivity index (χ0n) is 9.87. The molecule has 1 aromatic rings. The molecule has 0 aromatic heterocycles. The Balaban J connectivity index is 2.04. The fraction of sp³-hybridized carbons (Fsp3) is 0.462. The van der Waals surface area contributed by atoms with Gasteiger partial charge in [0.05, 0.1) is 0 Å². The minimum absolute atomic E-state index is 0.110. The number of carbonyl (C=O) groups excluding carboxylic acids is 1. The first-order valence-corrected chi connectivity index (χ1v) is 6.26. The van der Waals surface area contributed by atoms with Crippen molar-refractivity contribution in [1.29, 1.82) is 0 Å². The van der Waals surface area contributed by atoms with Crippen molar-refractivity contribution in [3.05, 3.63) is 34.3 Å². The molecule has 2 atom stereocenters. The fourth-order valence-electron chi connectivity index (χ4n) is 2.46. The Labute approximate surface area is 106 Å². The molecule has 4 heteroatoms. The van der Waals surface area contributed by atoms with Gasteiger partial charge in [-0.15, -0.1) is 0 Å². The van der Waals surface area contributed by atoms with E-state index in [2.05, 4.69) is 11.4 Å². The molecule has 0 spiro atoms. The second-order valence-corrected chi connectivity index (χ2v) is 5.11. The number of benzene rings is 1. The lowest BCUT2D eigenvalue weighted by Gasteiger charge is -2.19. The van der Waals surface area contributed by atoms with Crippen molar-refractivity contribution < 1.29 is 4.79 Å². The second kappa shape index (κ2) is 5.07. The lowest BCUT2D eigenvalue weighted by atomic mass is 10.1. The van der Waals surface area contributed by atoms with Crippen LogP contribution in [0, 0.1) is 0 Å². The van der Waals surface area contributed by atoms with E-state index in [1.165, 1.54) is 11.1 Å². The van der Waals surface area contributed by atoms with Gasteiger partial charge in [0, 0.05) is 23.5 Å². The first kappa shape index (κ1) is 12.4. The molecule has 1 aromatic carbocycles. The topological polar surface area (TPSA) is 55.1 Å². The monoisotopic (exact) mass is 252 g/mol. The third-order valence-electron chi connectivity index (χ3n) is 3.18. The van der Waals surface area contributed by atoms with Crippen LogP contribution in [0.3, 0.4) is 0 Å². The van der Waals surface area contributed by atoms with Crippen LogP contribution in [0.15, 0.2) is 18.2 Å². The Bertz CT molecular complexity index is 433. The van der Waals surface area contributed by atoms with Crippen molar-refractivity contribution in [2.75, 3.05) is 0 Å². The van der Waals surface area contributed by atoms with E-state index in [9.17, 15) is 4.79 Å². The second-order valence-electron chi connectivity index (χ2n) is 4.67. The van der Waals surface area contributed by atoms with Crippen LogP contribution in [0.1, 0.15) is 36.9 Å². The number of halogens is 1. The summed E-state index contributed by atoms with van der Waals surface area (Å²) in [4.78, 5) is 10.8. The summed E-state index contributed by atoms with van der Waals surface area (Å²) in [6, 6.07) is 6.44. The van der Waals surface area contributed by atoms with Crippen LogP contribution >= 0.6 is 11.6 Å². The normalized spacial score (nSPS) is 20.0. The van der Waals surface area contributed by atoms with E-state index in [0.29, 0.717) is 12.5 Å². The summed E-state index contributed by atoms with van der Waals surface area (Å²) in [7, 11) is 0. The molecule has 0 fully saturated rings. The maximum absolute atomic E-state index is 10.8. The highest BCUT2D eigenvalue weighted by atomic mass is 35.5. The zero-order valence-corrected chi connectivity index (χ0v) is 10.6. The number of hydrogen-bond donors (Lipinski definition) is 2. The van der Waals surface area contributed by atoms with E-state index >= 15 is 0 Å². The third-order valence-corrected chi connectivity index (χ3v) is 3.41. The molecule has 0 radical (unpaired) electrons. The van der Waals surface area contributed by atoms with Crippen molar-refractivity contribution >= 4 is 17.5 Å². The fourth-order valence-corrected chi connectivity index (χ4v) is 2.66. The molecule has 92 valence electrons. The summed E-state index contributed by atoms with van der Waals surface area (Å²) >= 11 is 5.96. The number of aryl methyl sites for hydroxylation is 1. The Morgan fingerprint density at radius 3 is 3.12 bits per heavy atom. The van der Waals surface area contributed by atoms with Crippen LogP contribution < -0.4 is 11.1 Å². The summed E-state index contributed by atoms with van der Waals surface area (Å²) < 4.78 is 0. The number of primary amides is 1. The van der Waals surface area contributed by atoms with E-state index < -0.39 is 0 Å². The van der Waals surface area contributed by atoms with E-state index in [4.69, 9.17) is 17.3 Å². The number of hydrogen-bond acceptors (Lipinski definition) is 2. The molecule has 0 saturated heterocycles. The predicted molar refractivity (Wildman–Crippen MR) is 68.9 cm³/mol. The largest absolute Gasteiger partial charge is 0.370 e. The molecule has 17 heavy (non-hydrogen) atoms. The molecule has 1 aliphatic rings. The number of rotatable bonds is 4. The lowest BCUT2D eigenvalue weighted by Crippen LogP contribution is -2.33. The highest BCUT2D eigenvalue weighted by Crippen LogP contribution is 2.33. The molecule has 0 saturated carbocycles. The van der Waals surface area contributed by atoms with Crippen molar-refractivity contribution in [3.8, 4) is 0 Å². The molecular formula is C13H17ClN2O. The van der Waals surface area contributed by atoms with Crippen LogP contribution in [0.25, 0.3) is 0 Å². The molecule has 2 rings (SSSR count). The molecular weight excluding hydrogens is 236 g/mol. The Morgan fingerprint density at radius 2 is 2.41 bits per heavy atom. The lowest BCUT2D eigenvalue weighted by molar-refractivity contribution is -0.118. The summed E-state index contributed by atoms with van der Waals surface area (Å²) in [5.41, 5.74) is 7.79. The molecule has 0 heterocycles. The van der Waals surface area contributed by atoms with Crippen LogP contribution in [-0.2, 0) is 11.2 Å². The Hall–Kier alpha value is -1.06. The summed E-state index contributed by atoms with van der Waals surface area (Å²) in [6.07, 6.45) is 2.47. The van der Waals surface area contributed by atoms with Crippen LogP contribution in [0.4, 0.5) is 0 Å². The molecule has 0 aliphatic heterocycles. The number of carbonyl (C=O) groups is 1. The smallest absolute Gasteiger partial charge is 0.218 e. The average Bonchev–Trinajstić information content (AvgIpc) is 2.59. The molecule has 3 N–H and O–H groups in total. The maximum atomic E-state index is 10.8. The van der Waals surface area contributed by atoms with E-state index in [-0.39, 0.29) is 11.9 Å². The van der Waals surface area contributed by atoms with Gasteiger partial charge in [-0.05, 0) is 43.0 Å². The van der Waals surface area contributed by atoms with Crippen molar-refractivity contribution in [1.82, 2.24) is 5.32 Å². The minimum Gasteiger partial charge on any atom is -0.370 e.